The van der Waals surface area contributed by atoms with Crippen molar-refractivity contribution in [2.45, 2.75) is 71.6 Å². The average Bonchev–Trinajstić information content (AvgIpc) is 2.90. The van der Waals surface area contributed by atoms with Crippen LogP contribution in [0.5, 0.6) is 11.5 Å². The van der Waals surface area contributed by atoms with Gasteiger partial charge in [0.1, 0.15) is 11.5 Å². The molecule has 0 aliphatic rings. The molecule has 2 aromatic rings. The second-order valence-electron chi connectivity index (χ2n) is 8.58. The van der Waals surface area contributed by atoms with Gasteiger partial charge in [-0.1, -0.05) is 58.8 Å². The highest BCUT2D eigenvalue weighted by Crippen LogP contribution is 2.14. The molecule has 2 aromatic carbocycles. The zero-order chi connectivity index (χ0) is 26.0. The number of rotatable bonds is 15. The van der Waals surface area contributed by atoms with Crippen molar-refractivity contribution in [1.29, 1.82) is 0 Å². The van der Waals surface area contributed by atoms with Gasteiger partial charge in [-0.25, -0.2) is 0 Å². The third kappa shape index (κ3) is 11.5. The fourth-order valence-electron chi connectivity index (χ4n) is 3.41. The molecule has 0 aliphatic heterocycles. The molecule has 0 fully saturated rings. The van der Waals surface area contributed by atoms with E-state index in [9.17, 15) is 9.59 Å². The quantitative estimate of drug-likeness (QED) is 0.155. The van der Waals surface area contributed by atoms with E-state index in [0.29, 0.717) is 24.3 Å². The molecule has 0 heterocycles. The lowest BCUT2D eigenvalue weighted by Crippen LogP contribution is -2.48. The number of nitrogens with one attached hydrogen (secondary N) is 3. The summed E-state index contributed by atoms with van der Waals surface area (Å²) in [5, 5.41) is 2.54. The van der Waals surface area contributed by atoms with Crippen LogP contribution in [0.15, 0.2) is 48.5 Å². The van der Waals surface area contributed by atoms with Gasteiger partial charge >= 0.3 is 0 Å². The number of hydrogen-bond acceptors (Lipinski definition) is 5. The molecule has 2 amide bonds. The van der Waals surface area contributed by atoms with Gasteiger partial charge in [0.25, 0.3) is 11.8 Å². The van der Waals surface area contributed by atoms with Gasteiger partial charge in [0.05, 0.1) is 13.2 Å². The fraction of sp³-hybridized carbons (Fsp3) is 0.464. The number of carbonyl (C=O) groups excluding carboxylic acids is 2. The number of thiocarbonyl (C=S) groups is 1. The van der Waals surface area contributed by atoms with E-state index in [4.69, 9.17) is 21.7 Å². The fourth-order valence-corrected chi connectivity index (χ4v) is 3.56. The lowest BCUT2D eigenvalue weighted by Gasteiger charge is -2.12. The van der Waals surface area contributed by atoms with E-state index in [0.717, 1.165) is 37.2 Å². The van der Waals surface area contributed by atoms with Crippen LogP contribution >= 0.6 is 12.2 Å². The van der Waals surface area contributed by atoms with Crippen molar-refractivity contribution in [3.05, 3.63) is 59.7 Å². The first kappa shape index (κ1) is 29.1. The van der Waals surface area contributed by atoms with Crippen LogP contribution in [0.3, 0.4) is 0 Å². The third-order valence-electron chi connectivity index (χ3n) is 5.53. The number of carbonyl (C=O) groups is 2. The number of hydrogen-bond donors (Lipinski definition) is 3. The number of hydrazine groups is 1. The molecule has 0 aliphatic carbocycles. The molecule has 0 saturated heterocycles. The van der Waals surface area contributed by atoms with Crippen LogP contribution < -0.4 is 25.6 Å². The number of amides is 2. The minimum absolute atomic E-state index is 0.00668. The predicted octanol–water partition coefficient (Wildman–Crippen LogP) is 5.94. The summed E-state index contributed by atoms with van der Waals surface area (Å²) in [4.78, 5) is 24.8. The van der Waals surface area contributed by atoms with Crippen molar-refractivity contribution in [3.8, 4) is 11.5 Å². The van der Waals surface area contributed by atoms with Crippen molar-refractivity contribution in [2.75, 3.05) is 13.2 Å². The number of ether oxygens (including phenoxy) is 2. The maximum absolute atomic E-state index is 12.4. The highest BCUT2D eigenvalue weighted by atomic mass is 32.1. The van der Waals surface area contributed by atoms with Gasteiger partial charge in [0.15, 0.2) is 5.11 Å². The first-order valence-corrected chi connectivity index (χ1v) is 13.3. The maximum atomic E-state index is 12.4. The largest absolute Gasteiger partial charge is 0.494 e. The van der Waals surface area contributed by atoms with Crippen LogP contribution in [-0.4, -0.2) is 30.1 Å². The molecular weight excluding hydrogens is 474 g/mol. The van der Waals surface area contributed by atoms with Crippen LogP contribution in [0.4, 0.5) is 0 Å². The first-order chi connectivity index (χ1) is 17.5. The van der Waals surface area contributed by atoms with E-state index in [-0.39, 0.29) is 16.9 Å². The Bertz CT molecular complexity index is 933. The summed E-state index contributed by atoms with van der Waals surface area (Å²) in [6.07, 6.45) is 10.4. The lowest BCUT2D eigenvalue weighted by atomic mass is 10.2. The van der Waals surface area contributed by atoms with E-state index in [1.54, 1.807) is 48.5 Å². The highest BCUT2D eigenvalue weighted by molar-refractivity contribution is 7.80. The van der Waals surface area contributed by atoms with Crippen LogP contribution in [0.2, 0.25) is 0 Å². The van der Waals surface area contributed by atoms with Crippen molar-refractivity contribution in [3.63, 3.8) is 0 Å². The van der Waals surface area contributed by atoms with Gasteiger partial charge in [-0.15, -0.1) is 0 Å². The maximum Gasteiger partial charge on any atom is 0.269 e. The first-order valence-electron chi connectivity index (χ1n) is 12.9. The van der Waals surface area contributed by atoms with E-state index in [2.05, 4.69) is 30.0 Å². The molecule has 0 atom stereocenters. The minimum atomic E-state index is -0.381. The normalized spacial score (nSPS) is 10.4. The molecule has 0 radical (unpaired) electrons. The van der Waals surface area contributed by atoms with Crippen LogP contribution in [0, 0.1) is 0 Å². The summed E-state index contributed by atoms with van der Waals surface area (Å²) in [6.45, 7) is 5.69. The second kappa shape index (κ2) is 17.3. The highest BCUT2D eigenvalue weighted by Gasteiger charge is 2.10. The Balaban J connectivity index is 1.68. The van der Waals surface area contributed by atoms with E-state index in [1.165, 1.54) is 32.1 Å². The Morgan fingerprint density at radius 2 is 1.08 bits per heavy atom. The third-order valence-corrected chi connectivity index (χ3v) is 5.74. The molecule has 196 valence electrons. The molecule has 2 rings (SSSR count). The summed E-state index contributed by atoms with van der Waals surface area (Å²) in [5.41, 5.74) is 5.92. The topological polar surface area (TPSA) is 88.7 Å². The Morgan fingerprint density at radius 3 is 1.58 bits per heavy atom. The van der Waals surface area contributed by atoms with E-state index >= 15 is 0 Å². The smallest absolute Gasteiger partial charge is 0.269 e. The second-order valence-corrected chi connectivity index (χ2v) is 8.99. The summed E-state index contributed by atoms with van der Waals surface area (Å²) >= 11 is 5.12. The standard InChI is InChI=1S/C28H39N3O4S/c1-3-5-7-9-11-21-35-24-16-12-22(13-17-24)26(32)29-28(36)31-30-27(33)23-14-18-25(19-15-23)34-20-10-8-6-4-2/h12-19H,3-11,20-21H2,1-2H3,(H,30,33)(H2,29,31,32,36). The molecular formula is C28H39N3O4S. The Labute approximate surface area is 220 Å². The van der Waals surface area contributed by atoms with Gasteiger partial charge in [0.2, 0.25) is 0 Å². The van der Waals surface area contributed by atoms with Crippen LogP contribution in [0.25, 0.3) is 0 Å². The van der Waals surface area contributed by atoms with Gasteiger partial charge in [-0.3, -0.25) is 25.8 Å². The van der Waals surface area contributed by atoms with Crippen molar-refractivity contribution in [1.82, 2.24) is 16.2 Å². The van der Waals surface area contributed by atoms with Gasteiger partial charge in [-0.05, 0) is 73.6 Å². The monoisotopic (exact) mass is 513 g/mol. The summed E-state index contributed by atoms with van der Waals surface area (Å²) in [6, 6.07) is 13.7. The van der Waals surface area contributed by atoms with Crippen LogP contribution in [0.1, 0.15) is 92.4 Å². The molecule has 0 saturated carbocycles. The van der Waals surface area contributed by atoms with Gasteiger partial charge in [-0.2, -0.15) is 0 Å². The zero-order valence-electron chi connectivity index (χ0n) is 21.4. The molecule has 8 heteroatoms. The summed E-state index contributed by atoms with van der Waals surface area (Å²) < 4.78 is 11.4. The Hall–Kier alpha value is -3.13. The lowest BCUT2D eigenvalue weighted by molar-refractivity contribution is 0.0934. The average molecular weight is 514 g/mol. The molecule has 0 aromatic heterocycles. The van der Waals surface area contributed by atoms with Crippen molar-refractivity contribution < 1.29 is 19.1 Å². The van der Waals surface area contributed by atoms with E-state index in [1.807, 2.05) is 0 Å². The minimum Gasteiger partial charge on any atom is -0.494 e. The zero-order valence-corrected chi connectivity index (χ0v) is 22.3. The van der Waals surface area contributed by atoms with E-state index < -0.39 is 0 Å². The Kier molecular flexibility index (Phi) is 14.0. The molecule has 7 nitrogen and oxygen atoms in total. The Morgan fingerprint density at radius 1 is 0.639 bits per heavy atom. The summed E-state index contributed by atoms with van der Waals surface area (Å²) in [5.74, 6) is 0.690. The number of benzene rings is 2. The SMILES string of the molecule is CCCCCCCOc1ccc(C(=O)NC(=S)NNC(=O)c2ccc(OCCCCCC)cc2)cc1. The molecule has 0 unspecified atom stereocenters. The summed E-state index contributed by atoms with van der Waals surface area (Å²) in [7, 11) is 0. The molecule has 36 heavy (non-hydrogen) atoms. The van der Waals surface area contributed by atoms with Gasteiger partial charge < -0.3 is 9.47 Å². The van der Waals surface area contributed by atoms with Gasteiger partial charge in [0, 0.05) is 11.1 Å². The van der Waals surface area contributed by atoms with Crippen molar-refractivity contribution in [2.24, 2.45) is 0 Å². The molecule has 0 bridgehead atoms. The predicted molar refractivity (Wildman–Crippen MR) is 147 cm³/mol. The van der Waals surface area contributed by atoms with Crippen LogP contribution in [-0.2, 0) is 0 Å². The van der Waals surface area contributed by atoms with Crippen molar-refractivity contribution >= 4 is 29.1 Å². The molecule has 0 spiro atoms. The number of unbranched alkanes of at least 4 members (excludes halogenated alkanes) is 7. The molecule has 3 N–H and O–H groups in total.